The third-order valence-electron chi connectivity index (χ3n) is 2.10. The van der Waals surface area contributed by atoms with Gasteiger partial charge in [0, 0.05) is 0 Å². The van der Waals surface area contributed by atoms with Gasteiger partial charge in [0.2, 0.25) is 0 Å². The molecule has 0 saturated heterocycles. The lowest BCUT2D eigenvalue weighted by Crippen LogP contribution is -2.05. The molecule has 2 aromatic rings. The van der Waals surface area contributed by atoms with Gasteiger partial charge in [0.15, 0.2) is 6.73 Å². The summed E-state index contributed by atoms with van der Waals surface area (Å²) in [6.07, 6.45) is 2.40. The Morgan fingerprint density at radius 2 is 2.22 bits per heavy atom. The molecule has 0 aliphatic heterocycles. The van der Waals surface area contributed by atoms with Crippen molar-refractivity contribution < 1.29 is 9.66 Å². The molecule has 0 aliphatic carbocycles. The van der Waals surface area contributed by atoms with E-state index < -0.39 is 4.92 Å². The lowest BCUT2D eigenvalue weighted by atomic mass is 10.3. The van der Waals surface area contributed by atoms with E-state index in [0.717, 1.165) is 6.20 Å². The number of nitrogens with zero attached hydrogens (tertiary/aromatic N) is 3. The normalized spacial score (nSPS) is 10.3. The summed E-state index contributed by atoms with van der Waals surface area (Å²) in [5, 5.41) is 14.9. The topological polar surface area (TPSA) is 70.2 Å². The Labute approximate surface area is 112 Å². The smallest absolute Gasteiger partial charge is 0.307 e. The van der Waals surface area contributed by atoms with Gasteiger partial charge in [-0.1, -0.05) is 29.3 Å². The first-order valence-electron chi connectivity index (χ1n) is 4.81. The second kappa shape index (κ2) is 5.24. The van der Waals surface area contributed by atoms with E-state index in [0.29, 0.717) is 15.8 Å². The molecule has 1 aromatic heterocycles. The third kappa shape index (κ3) is 2.72. The standard InChI is InChI=1S/C10H7Cl2N3O3/c11-8-2-1-3-9(10(8)12)18-6-14-5-7(4-13-14)15(16)17/h1-5H,6H2. The third-order valence-corrected chi connectivity index (χ3v) is 2.90. The minimum absolute atomic E-state index is 0.00784. The van der Waals surface area contributed by atoms with Crippen LogP contribution in [0.4, 0.5) is 5.69 Å². The summed E-state index contributed by atoms with van der Waals surface area (Å²) in [5.41, 5.74) is -0.101. The van der Waals surface area contributed by atoms with Crippen molar-refractivity contribution in [3.8, 4) is 5.75 Å². The Morgan fingerprint density at radius 1 is 1.44 bits per heavy atom. The summed E-state index contributed by atoms with van der Waals surface area (Å²) in [7, 11) is 0. The Balaban J connectivity index is 2.07. The molecule has 0 atom stereocenters. The van der Waals surface area contributed by atoms with Gasteiger partial charge < -0.3 is 4.74 Å². The van der Waals surface area contributed by atoms with Crippen molar-refractivity contribution in [3.05, 3.63) is 50.8 Å². The van der Waals surface area contributed by atoms with Gasteiger partial charge in [-0.05, 0) is 12.1 Å². The van der Waals surface area contributed by atoms with Crippen LogP contribution in [-0.4, -0.2) is 14.7 Å². The zero-order valence-electron chi connectivity index (χ0n) is 8.92. The first-order valence-corrected chi connectivity index (χ1v) is 5.57. The molecule has 6 nitrogen and oxygen atoms in total. The molecule has 0 amide bonds. The van der Waals surface area contributed by atoms with Crippen molar-refractivity contribution in [2.24, 2.45) is 0 Å². The van der Waals surface area contributed by atoms with Gasteiger partial charge in [0.25, 0.3) is 0 Å². The molecular weight excluding hydrogens is 281 g/mol. The van der Waals surface area contributed by atoms with Gasteiger partial charge in [0.1, 0.15) is 23.2 Å². The fourth-order valence-corrected chi connectivity index (χ4v) is 1.60. The van der Waals surface area contributed by atoms with Gasteiger partial charge in [-0.25, -0.2) is 4.68 Å². The van der Waals surface area contributed by atoms with Crippen molar-refractivity contribution in [3.63, 3.8) is 0 Å². The number of aromatic nitrogens is 2. The van der Waals surface area contributed by atoms with E-state index in [4.69, 9.17) is 27.9 Å². The van der Waals surface area contributed by atoms with Crippen LogP contribution in [0.25, 0.3) is 0 Å². The monoisotopic (exact) mass is 287 g/mol. The molecule has 8 heteroatoms. The van der Waals surface area contributed by atoms with Crippen LogP contribution in [0.1, 0.15) is 0 Å². The molecule has 0 radical (unpaired) electrons. The average molecular weight is 288 g/mol. The Bertz CT molecular complexity index is 585. The highest BCUT2D eigenvalue weighted by Crippen LogP contribution is 2.31. The van der Waals surface area contributed by atoms with E-state index in [9.17, 15) is 10.1 Å². The molecule has 0 spiro atoms. The van der Waals surface area contributed by atoms with Crippen LogP contribution >= 0.6 is 23.2 Å². The average Bonchev–Trinajstić information content (AvgIpc) is 2.80. The minimum atomic E-state index is -0.532. The number of benzene rings is 1. The van der Waals surface area contributed by atoms with Crippen LogP contribution in [0.3, 0.4) is 0 Å². The summed E-state index contributed by atoms with van der Waals surface area (Å²) in [6, 6.07) is 4.97. The molecule has 0 N–H and O–H groups in total. The molecular formula is C10H7Cl2N3O3. The van der Waals surface area contributed by atoms with Crippen LogP contribution in [0.15, 0.2) is 30.6 Å². The molecule has 0 unspecified atom stereocenters. The van der Waals surface area contributed by atoms with Gasteiger partial charge in [-0.3, -0.25) is 10.1 Å². The molecule has 1 aromatic carbocycles. The van der Waals surface area contributed by atoms with Gasteiger partial charge in [-0.2, -0.15) is 5.10 Å². The number of nitro groups is 1. The lowest BCUT2D eigenvalue weighted by molar-refractivity contribution is -0.385. The number of rotatable bonds is 4. The SMILES string of the molecule is O=[N+]([O-])c1cnn(COc2cccc(Cl)c2Cl)c1. The largest absolute Gasteiger partial charge is 0.470 e. The van der Waals surface area contributed by atoms with Gasteiger partial charge >= 0.3 is 5.69 Å². The van der Waals surface area contributed by atoms with Crippen LogP contribution in [0.5, 0.6) is 5.75 Å². The Kier molecular flexibility index (Phi) is 3.69. The molecule has 0 fully saturated rings. The quantitative estimate of drug-likeness (QED) is 0.640. The Morgan fingerprint density at radius 3 is 2.89 bits per heavy atom. The highest BCUT2D eigenvalue weighted by atomic mass is 35.5. The highest BCUT2D eigenvalue weighted by Gasteiger charge is 2.10. The maximum atomic E-state index is 10.5. The summed E-state index contributed by atoms with van der Waals surface area (Å²) in [4.78, 5) is 9.93. The molecule has 2 rings (SSSR count). The van der Waals surface area contributed by atoms with Crippen molar-refractivity contribution in [1.82, 2.24) is 9.78 Å². The second-order valence-corrected chi connectivity index (χ2v) is 4.11. The molecule has 0 aliphatic rings. The second-order valence-electron chi connectivity index (χ2n) is 3.32. The molecule has 0 saturated carbocycles. The fraction of sp³-hybridized carbons (Fsp3) is 0.100. The number of halogens is 2. The predicted molar refractivity (Wildman–Crippen MR) is 66.0 cm³/mol. The van der Waals surface area contributed by atoms with E-state index in [1.54, 1.807) is 18.2 Å². The van der Waals surface area contributed by atoms with E-state index in [1.807, 2.05) is 0 Å². The van der Waals surface area contributed by atoms with E-state index >= 15 is 0 Å². The van der Waals surface area contributed by atoms with Gasteiger partial charge in [-0.15, -0.1) is 0 Å². The maximum Gasteiger partial charge on any atom is 0.307 e. The highest BCUT2D eigenvalue weighted by molar-refractivity contribution is 6.42. The van der Waals surface area contributed by atoms with Crippen LogP contribution in [0.2, 0.25) is 10.0 Å². The van der Waals surface area contributed by atoms with Crippen LogP contribution in [-0.2, 0) is 6.73 Å². The fourth-order valence-electron chi connectivity index (χ4n) is 1.25. The summed E-state index contributed by atoms with van der Waals surface area (Å²) < 4.78 is 6.65. The van der Waals surface area contributed by atoms with E-state index in [-0.39, 0.29) is 12.4 Å². The minimum Gasteiger partial charge on any atom is -0.470 e. The summed E-state index contributed by atoms with van der Waals surface area (Å²) in [6.45, 7) is 0.00784. The van der Waals surface area contributed by atoms with Crippen molar-refractivity contribution >= 4 is 28.9 Å². The molecule has 1 heterocycles. The molecule has 0 bridgehead atoms. The Hall–Kier alpha value is -1.79. The van der Waals surface area contributed by atoms with Crippen molar-refractivity contribution in [2.75, 3.05) is 0 Å². The van der Waals surface area contributed by atoms with Crippen LogP contribution < -0.4 is 4.74 Å². The zero-order valence-corrected chi connectivity index (χ0v) is 10.4. The van der Waals surface area contributed by atoms with Crippen molar-refractivity contribution in [1.29, 1.82) is 0 Å². The predicted octanol–water partition coefficient (Wildman–Crippen LogP) is 3.13. The summed E-state index contributed by atoms with van der Waals surface area (Å²) >= 11 is 11.7. The van der Waals surface area contributed by atoms with Gasteiger partial charge in [0.05, 0.1) is 9.95 Å². The maximum absolute atomic E-state index is 10.5. The molecule has 18 heavy (non-hydrogen) atoms. The number of hydrogen-bond acceptors (Lipinski definition) is 4. The zero-order chi connectivity index (χ0) is 13.1. The lowest BCUT2D eigenvalue weighted by Gasteiger charge is -2.08. The first-order chi connectivity index (χ1) is 8.58. The number of hydrogen-bond donors (Lipinski definition) is 0. The van der Waals surface area contributed by atoms with Crippen LogP contribution in [0, 0.1) is 10.1 Å². The van der Waals surface area contributed by atoms with E-state index in [1.165, 1.54) is 10.9 Å². The van der Waals surface area contributed by atoms with Crippen molar-refractivity contribution in [2.45, 2.75) is 6.73 Å². The number of ether oxygens (including phenoxy) is 1. The summed E-state index contributed by atoms with van der Waals surface area (Å²) in [5.74, 6) is 0.391. The van der Waals surface area contributed by atoms with E-state index in [2.05, 4.69) is 5.10 Å². The first kappa shape index (κ1) is 12.7. The molecule has 94 valence electrons.